The number of hydrogen-bond donors (Lipinski definition) is 2. The molecule has 0 saturated heterocycles. The molecular weight excluding hydrogens is 144 g/mol. The summed E-state index contributed by atoms with van der Waals surface area (Å²) in [6, 6.07) is -2.26. The van der Waals surface area contributed by atoms with Gasteiger partial charge in [0, 0.05) is 0 Å². The Kier molecular flexibility index (Phi) is 1.04. The van der Waals surface area contributed by atoms with Crippen LogP contribution in [0.5, 0.6) is 5.75 Å². The van der Waals surface area contributed by atoms with Crippen molar-refractivity contribution in [2.45, 2.75) is 6.42 Å². The van der Waals surface area contributed by atoms with Crippen molar-refractivity contribution in [2.24, 2.45) is 0 Å². The molecule has 3 heteroatoms. The van der Waals surface area contributed by atoms with E-state index in [1.54, 1.807) is 0 Å². The molecule has 0 aromatic heterocycles. The Hall–Kier alpha value is -1.51. The van der Waals surface area contributed by atoms with Crippen LogP contribution >= 0.6 is 0 Å². The monoisotopic (exact) mass is 156 g/mol. The number of carboxylic acids is 1. The van der Waals surface area contributed by atoms with E-state index in [0.29, 0.717) is 0 Å². The van der Waals surface area contributed by atoms with E-state index in [-0.39, 0.29) is 5.56 Å². The fourth-order valence-corrected chi connectivity index (χ4v) is 0.611. The number of aliphatic carboxylic acids is 1. The largest absolute Gasteiger partial charge is 0.508 e. The molecule has 0 fully saturated rings. The lowest BCUT2D eigenvalue weighted by Crippen LogP contribution is -1.99. The van der Waals surface area contributed by atoms with Crippen LogP contribution in [-0.2, 0) is 11.2 Å². The zero-order valence-electron chi connectivity index (χ0n) is 9.51. The van der Waals surface area contributed by atoms with Crippen molar-refractivity contribution in [2.75, 3.05) is 0 Å². The molecule has 0 aliphatic rings. The molecule has 11 heavy (non-hydrogen) atoms. The molecule has 3 nitrogen and oxygen atoms in total. The van der Waals surface area contributed by atoms with E-state index in [1.807, 2.05) is 0 Å². The Morgan fingerprint density at radius 3 is 3.00 bits per heavy atom. The number of hydrogen-bond acceptors (Lipinski definition) is 2. The maximum absolute atomic E-state index is 10.4. The smallest absolute Gasteiger partial charge is 0.307 e. The number of phenols is 1. The third-order valence-electron chi connectivity index (χ3n) is 0.992. The number of carboxylic acid groups (broad SMARTS) is 1. The molecule has 1 aromatic rings. The van der Waals surface area contributed by atoms with Gasteiger partial charge in [-0.25, -0.2) is 0 Å². The number of aromatic hydroxyl groups is 1. The first-order valence-electron chi connectivity index (χ1n) is 4.86. The van der Waals surface area contributed by atoms with Gasteiger partial charge in [0.1, 0.15) is 5.75 Å². The van der Waals surface area contributed by atoms with Crippen molar-refractivity contribution < 1.29 is 20.5 Å². The summed E-state index contributed by atoms with van der Waals surface area (Å²) < 4.78 is 29.1. The highest BCUT2D eigenvalue weighted by atomic mass is 16.4. The van der Waals surface area contributed by atoms with Gasteiger partial charge in [0.05, 0.1) is 11.9 Å². The Balaban J connectivity index is 3.45. The molecular formula is C8H8O3. The second-order valence-corrected chi connectivity index (χ2v) is 1.90. The Morgan fingerprint density at radius 1 is 1.64 bits per heavy atom. The Morgan fingerprint density at radius 2 is 2.36 bits per heavy atom. The SMILES string of the molecule is [2H]c1c([2H])c(O)c([2H])c(CC(=O)O)c1[2H]. The summed E-state index contributed by atoms with van der Waals surface area (Å²) in [4.78, 5) is 10.4. The predicted molar refractivity (Wildman–Crippen MR) is 39.4 cm³/mol. The average Bonchev–Trinajstić information content (AvgIpc) is 2.18. The van der Waals surface area contributed by atoms with Crippen molar-refractivity contribution in [3.63, 3.8) is 0 Å². The number of carbonyl (C=O) groups is 1. The van der Waals surface area contributed by atoms with Gasteiger partial charge in [-0.3, -0.25) is 4.79 Å². The fourth-order valence-electron chi connectivity index (χ4n) is 0.611. The van der Waals surface area contributed by atoms with E-state index >= 15 is 0 Å². The second-order valence-electron chi connectivity index (χ2n) is 1.90. The summed E-state index contributed by atoms with van der Waals surface area (Å²) in [7, 11) is 0. The van der Waals surface area contributed by atoms with Gasteiger partial charge in [-0.1, -0.05) is 12.1 Å². The maximum atomic E-state index is 10.4. The third-order valence-corrected chi connectivity index (χ3v) is 0.992. The molecule has 1 rings (SSSR count). The van der Waals surface area contributed by atoms with Crippen LogP contribution in [0, 0.1) is 0 Å². The molecule has 0 radical (unpaired) electrons. The number of benzene rings is 1. The van der Waals surface area contributed by atoms with Gasteiger partial charge in [0.15, 0.2) is 0 Å². The van der Waals surface area contributed by atoms with Gasteiger partial charge in [-0.05, 0) is 17.6 Å². The first-order valence-corrected chi connectivity index (χ1v) is 2.86. The van der Waals surface area contributed by atoms with Gasteiger partial charge in [-0.2, -0.15) is 0 Å². The highest BCUT2D eigenvalue weighted by molar-refractivity contribution is 5.70. The van der Waals surface area contributed by atoms with E-state index < -0.39 is 42.3 Å². The lowest BCUT2D eigenvalue weighted by molar-refractivity contribution is -0.136. The van der Waals surface area contributed by atoms with Gasteiger partial charge < -0.3 is 10.2 Å². The van der Waals surface area contributed by atoms with Crippen LogP contribution < -0.4 is 0 Å². The van der Waals surface area contributed by atoms with Crippen molar-refractivity contribution in [3.8, 4) is 5.75 Å². The summed E-state index contributed by atoms with van der Waals surface area (Å²) in [6.45, 7) is 0. The standard InChI is InChI=1S/C8H8O3/c9-7-3-1-2-6(4-7)5-8(10)11/h1-4,9H,5H2,(H,10,11)/i1D,2D,3D,4D. The van der Waals surface area contributed by atoms with Gasteiger partial charge in [-0.15, -0.1) is 0 Å². The summed E-state index contributed by atoms with van der Waals surface area (Å²) in [5.41, 5.74) is -0.249. The summed E-state index contributed by atoms with van der Waals surface area (Å²) in [5.74, 6) is -2.01. The molecule has 1 aromatic carbocycles. The molecule has 0 amide bonds. The molecule has 0 aliphatic heterocycles. The average molecular weight is 156 g/mol. The van der Waals surface area contributed by atoms with Crippen LogP contribution in [-0.4, -0.2) is 16.2 Å². The Bertz CT molecular complexity index is 401. The zero-order valence-corrected chi connectivity index (χ0v) is 5.51. The van der Waals surface area contributed by atoms with Crippen LogP contribution in [0.15, 0.2) is 24.2 Å². The van der Waals surface area contributed by atoms with E-state index in [4.69, 9.17) is 10.6 Å². The van der Waals surface area contributed by atoms with E-state index in [9.17, 15) is 9.90 Å². The molecule has 58 valence electrons. The minimum atomic E-state index is -1.26. The van der Waals surface area contributed by atoms with Crippen molar-refractivity contribution in [1.29, 1.82) is 0 Å². The molecule has 0 bridgehead atoms. The molecule has 0 atom stereocenters. The van der Waals surface area contributed by atoms with Crippen LogP contribution in [0.1, 0.15) is 11.0 Å². The zero-order chi connectivity index (χ0) is 11.7. The summed E-state index contributed by atoms with van der Waals surface area (Å²) in [5, 5.41) is 17.7. The van der Waals surface area contributed by atoms with Crippen LogP contribution in [0.4, 0.5) is 0 Å². The molecule has 0 heterocycles. The van der Waals surface area contributed by atoms with Crippen LogP contribution in [0.3, 0.4) is 0 Å². The molecule has 0 spiro atoms. The topological polar surface area (TPSA) is 57.5 Å². The first kappa shape index (κ1) is 3.76. The van der Waals surface area contributed by atoms with Gasteiger partial charge in [0.2, 0.25) is 0 Å². The minimum absolute atomic E-state index is 0.249. The molecule has 0 aliphatic carbocycles. The number of phenolic OH excluding ortho intramolecular Hbond substituents is 1. The quantitative estimate of drug-likeness (QED) is 0.672. The van der Waals surface area contributed by atoms with E-state index in [0.717, 1.165) is 0 Å². The third kappa shape index (κ3) is 2.29. The van der Waals surface area contributed by atoms with Crippen molar-refractivity contribution >= 4 is 5.97 Å². The van der Waals surface area contributed by atoms with E-state index in [2.05, 4.69) is 0 Å². The predicted octanol–water partition coefficient (Wildman–Crippen LogP) is 1.02. The second kappa shape index (κ2) is 3.05. The minimum Gasteiger partial charge on any atom is -0.508 e. The van der Waals surface area contributed by atoms with Crippen molar-refractivity contribution in [3.05, 3.63) is 29.7 Å². The lowest BCUT2D eigenvalue weighted by Gasteiger charge is -1.96. The summed E-state index contributed by atoms with van der Waals surface area (Å²) >= 11 is 0. The Labute approximate surface area is 69.5 Å². The highest BCUT2D eigenvalue weighted by Gasteiger charge is 1.99. The molecule has 0 saturated carbocycles. The molecule has 0 unspecified atom stereocenters. The van der Waals surface area contributed by atoms with E-state index in [1.165, 1.54) is 0 Å². The van der Waals surface area contributed by atoms with Crippen molar-refractivity contribution in [1.82, 2.24) is 0 Å². The lowest BCUT2D eigenvalue weighted by atomic mass is 10.1. The summed E-state index contributed by atoms with van der Waals surface area (Å²) in [6.07, 6.45) is -0.614. The molecule has 2 N–H and O–H groups in total. The van der Waals surface area contributed by atoms with Crippen LogP contribution in [0.25, 0.3) is 0 Å². The van der Waals surface area contributed by atoms with Gasteiger partial charge >= 0.3 is 5.97 Å². The number of rotatable bonds is 2. The van der Waals surface area contributed by atoms with Gasteiger partial charge in [0.25, 0.3) is 0 Å². The highest BCUT2D eigenvalue weighted by Crippen LogP contribution is 2.10. The first-order chi connectivity index (χ1) is 6.86. The normalized spacial score (nSPS) is 14.5. The fraction of sp³-hybridized carbons (Fsp3) is 0.125. The maximum Gasteiger partial charge on any atom is 0.307 e. The van der Waals surface area contributed by atoms with Crippen LogP contribution in [0.2, 0.25) is 0 Å².